The third-order valence-corrected chi connectivity index (χ3v) is 3.73. The molecule has 3 rings (SSSR count). The minimum absolute atomic E-state index is 1.05. The van der Waals surface area contributed by atoms with Crippen LogP contribution in [0.1, 0.15) is 17.5 Å². The fourth-order valence-corrected chi connectivity index (χ4v) is 3.00. The van der Waals surface area contributed by atoms with Crippen molar-refractivity contribution in [2.24, 2.45) is 0 Å². The zero-order valence-electron chi connectivity index (χ0n) is 7.34. The highest BCUT2D eigenvalue weighted by atomic mass is 32.2. The lowest BCUT2D eigenvalue weighted by Gasteiger charge is -2.17. The van der Waals surface area contributed by atoms with Gasteiger partial charge in [0, 0.05) is 10.5 Å². The SMILES string of the molecule is c1ccc2c(c1)CCC1=C2NCS1. The quantitative estimate of drug-likeness (QED) is 0.673. The second kappa shape index (κ2) is 2.81. The molecular weight excluding hydrogens is 178 g/mol. The van der Waals surface area contributed by atoms with Crippen molar-refractivity contribution >= 4 is 17.5 Å². The van der Waals surface area contributed by atoms with Gasteiger partial charge in [-0.2, -0.15) is 0 Å². The first kappa shape index (κ1) is 7.51. The van der Waals surface area contributed by atoms with Gasteiger partial charge < -0.3 is 5.32 Å². The monoisotopic (exact) mass is 189 g/mol. The Balaban J connectivity index is 2.18. The molecule has 0 spiro atoms. The lowest BCUT2D eigenvalue weighted by atomic mass is 9.95. The number of fused-ring (bicyclic) bond motifs is 2. The van der Waals surface area contributed by atoms with E-state index in [2.05, 4.69) is 29.6 Å². The number of nitrogens with one attached hydrogen (secondary N) is 1. The van der Waals surface area contributed by atoms with Crippen LogP contribution in [0.5, 0.6) is 0 Å². The number of hydrogen-bond acceptors (Lipinski definition) is 2. The molecule has 1 heterocycles. The number of thioether (sulfide) groups is 1. The molecular formula is C11H11NS. The highest BCUT2D eigenvalue weighted by Gasteiger charge is 2.22. The molecule has 0 bridgehead atoms. The maximum atomic E-state index is 3.46. The summed E-state index contributed by atoms with van der Waals surface area (Å²) in [5.74, 6) is 1.05. The molecule has 66 valence electrons. The normalized spacial score (nSPS) is 19.4. The predicted octanol–water partition coefficient (Wildman–Crippen LogP) is 2.60. The largest absolute Gasteiger partial charge is 0.375 e. The van der Waals surface area contributed by atoms with E-state index in [9.17, 15) is 0 Å². The van der Waals surface area contributed by atoms with E-state index in [1.54, 1.807) is 4.91 Å². The van der Waals surface area contributed by atoms with Crippen molar-refractivity contribution in [1.29, 1.82) is 0 Å². The summed E-state index contributed by atoms with van der Waals surface area (Å²) in [5.41, 5.74) is 4.32. The van der Waals surface area contributed by atoms with E-state index in [1.807, 2.05) is 11.8 Å². The van der Waals surface area contributed by atoms with E-state index in [-0.39, 0.29) is 0 Å². The number of aryl methyl sites for hydroxylation is 1. The van der Waals surface area contributed by atoms with Crippen molar-refractivity contribution in [1.82, 2.24) is 5.32 Å². The van der Waals surface area contributed by atoms with Crippen molar-refractivity contribution < 1.29 is 0 Å². The first-order chi connectivity index (χ1) is 6.45. The maximum Gasteiger partial charge on any atom is 0.0655 e. The minimum Gasteiger partial charge on any atom is -0.375 e. The average Bonchev–Trinajstić information content (AvgIpc) is 2.65. The van der Waals surface area contributed by atoms with Gasteiger partial charge in [-0.3, -0.25) is 0 Å². The summed E-state index contributed by atoms with van der Waals surface area (Å²) >= 11 is 1.96. The summed E-state index contributed by atoms with van der Waals surface area (Å²) in [7, 11) is 0. The number of rotatable bonds is 0. The van der Waals surface area contributed by atoms with Crippen molar-refractivity contribution in [3.05, 3.63) is 40.3 Å². The van der Waals surface area contributed by atoms with E-state index in [1.165, 1.54) is 29.7 Å². The number of hydrogen-bond donors (Lipinski definition) is 1. The summed E-state index contributed by atoms with van der Waals surface area (Å²) < 4.78 is 0. The van der Waals surface area contributed by atoms with E-state index in [0.717, 1.165) is 5.88 Å². The van der Waals surface area contributed by atoms with Crippen LogP contribution in [-0.2, 0) is 6.42 Å². The highest BCUT2D eigenvalue weighted by Crippen LogP contribution is 2.39. The highest BCUT2D eigenvalue weighted by molar-refractivity contribution is 8.03. The topological polar surface area (TPSA) is 12.0 Å². The molecule has 1 aliphatic heterocycles. The molecule has 0 aromatic heterocycles. The summed E-state index contributed by atoms with van der Waals surface area (Å²) in [4.78, 5) is 1.55. The van der Waals surface area contributed by atoms with Gasteiger partial charge in [0.05, 0.1) is 11.6 Å². The lowest BCUT2D eigenvalue weighted by Crippen LogP contribution is -2.10. The molecule has 0 radical (unpaired) electrons. The zero-order valence-corrected chi connectivity index (χ0v) is 8.16. The van der Waals surface area contributed by atoms with E-state index >= 15 is 0 Å². The van der Waals surface area contributed by atoms with Gasteiger partial charge in [0.2, 0.25) is 0 Å². The fraction of sp³-hybridized carbons (Fsp3) is 0.273. The molecule has 0 saturated carbocycles. The fourth-order valence-electron chi connectivity index (χ4n) is 2.04. The average molecular weight is 189 g/mol. The first-order valence-corrected chi connectivity index (χ1v) is 5.62. The predicted molar refractivity (Wildman–Crippen MR) is 57.3 cm³/mol. The van der Waals surface area contributed by atoms with Gasteiger partial charge in [0.25, 0.3) is 0 Å². The van der Waals surface area contributed by atoms with Crippen LogP contribution in [0.4, 0.5) is 0 Å². The Morgan fingerprint density at radius 1 is 1.15 bits per heavy atom. The summed E-state index contributed by atoms with van der Waals surface area (Å²) in [6.07, 6.45) is 2.44. The van der Waals surface area contributed by atoms with Crippen molar-refractivity contribution in [2.45, 2.75) is 12.8 Å². The van der Waals surface area contributed by atoms with Crippen molar-refractivity contribution in [2.75, 3.05) is 5.88 Å². The van der Waals surface area contributed by atoms with Crippen LogP contribution < -0.4 is 5.32 Å². The molecule has 0 fully saturated rings. The Bertz CT molecular complexity index is 381. The van der Waals surface area contributed by atoms with Gasteiger partial charge in [0.1, 0.15) is 0 Å². The molecule has 1 aromatic carbocycles. The Labute approximate surface area is 82.2 Å². The van der Waals surface area contributed by atoms with Gasteiger partial charge in [-0.25, -0.2) is 0 Å². The van der Waals surface area contributed by atoms with Crippen LogP contribution in [0.2, 0.25) is 0 Å². The smallest absolute Gasteiger partial charge is 0.0655 e. The lowest BCUT2D eigenvalue weighted by molar-refractivity contribution is 0.946. The number of allylic oxidation sites excluding steroid dienone is 1. The van der Waals surface area contributed by atoms with E-state index in [0.29, 0.717) is 0 Å². The second-order valence-electron chi connectivity index (χ2n) is 3.42. The molecule has 0 unspecified atom stereocenters. The maximum absolute atomic E-state index is 3.46. The second-order valence-corrected chi connectivity index (χ2v) is 4.49. The van der Waals surface area contributed by atoms with Crippen LogP contribution in [0.25, 0.3) is 5.70 Å². The molecule has 2 aliphatic rings. The molecule has 0 atom stereocenters. The van der Waals surface area contributed by atoms with Gasteiger partial charge in [-0.05, 0) is 18.4 Å². The minimum atomic E-state index is 1.05. The molecule has 13 heavy (non-hydrogen) atoms. The molecule has 1 aliphatic carbocycles. The van der Waals surface area contributed by atoms with Gasteiger partial charge in [0.15, 0.2) is 0 Å². The standard InChI is InChI=1S/C11H11NS/c1-2-4-9-8(3-1)5-6-10-11(9)12-7-13-10/h1-4,12H,5-7H2. The molecule has 1 aromatic rings. The van der Waals surface area contributed by atoms with Crippen LogP contribution in [0.3, 0.4) is 0 Å². The zero-order chi connectivity index (χ0) is 8.67. The molecule has 2 heteroatoms. The molecule has 0 amide bonds. The third-order valence-electron chi connectivity index (χ3n) is 2.68. The number of benzene rings is 1. The molecule has 1 nitrogen and oxygen atoms in total. The van der Waals surface area contributed by atoms with E-state index in [4.69, 9.17) is 0 Å². The van der Waals surface area contributed by atoms with Gasteiger partial charge in [-0.1, -0.05) is 24.3 Å². The van der Waals surface area contributed by atoms with Crippen LogP contribution in [-0.4, -0.2) is 5.88 Å². The third kappa shape index (κ3) is 1.09. The molecule has 0 saturated heterocycles. The summed E-state index contributed by atoms with van der Waals surface area (Å²) in [6, 6.07) is 8.72. The summed E-state index contributed by atoms with van der Waals surface area (Å²) in [5, 5.41) is 3.46. The van der Waals surface area contributed by atoms with E-state index < -0.39 is 0 Å². The summed E-state index contributed by atoms with van der Waals surface area (Å²) in [6.45, 7) is 0. The van der Waals surface area contributed by atoms with Crippen molar-refractivity contribution in [3.8, 4) is 0 Å². The van der Waals surface area contributed by atoms with Crippen molar-refractivity contribution in [3.63, 3.8) is 0 Å². The van der Waals surface area contributed by atoms with Gasteiger partial charge >= 0.3 is 0 Å². The van der Waals surface area contributed by atoms with Crippen LogP contribution >= 0.6 is 11.8 Å². The Morgan fingerprint density at radius 3 is 3.08 bits per heavy atom. The van der Waals surface area contributed by atoms with Gasteiger partial charge in [-0.15, -0.1) is 11.8 Å². The molecule has 1 N–H and O–H groups in total. The van der Waals surface area contributed by atoms with Crippen LogP contribution in [0.15, 0.2) is 29.2 Å². The van der Waals surface area contributed by atoms with Crippen LogP contribution in [0, 0.1) is 0 Å². The Hall–Kier alpha value is -0.890. The first-order valence-electron chi connectivity index (χ1n) is 4.63. The Morgan fingerprint density at radius 2 is 2.08 bits per heavy atom. The Kier molecular flexibility index (Phi) is 1.62.